The van der Waals surface area contributed by atoms with Crippen LogP contribution in [-0.4, -0.2) is 11.8 Å². The zero-order chi connectivity index (χ0) is 14.8. The lowest BCUT2D eigenvalue weighted by atomic mass is 9.82. The lowest BCUT2D eigenvalue weighted by molar-refractivity contribution is -0.126. The SMILES string of the molecule is CCCCCCCC(CCCCC)C1CC(=O)NC1=O. The molecule has 0 aromatic heterocycles. The average Bonchev–Trinajstić information content (AvgIpc) is 2.75. The van der Waals surface area contributed by atoms with Crippen LogP contribution in [0.5, 0.6) is 0 Å². The van der Waals surface area contributed by atoms with Crippen LogP contribution < -0.4 is 5.32 Å². The molecule has 0 bridgehead atoms. The van der Waals surface area contributed by atoms with Crippen LogP contribution in [0.2, 0.25) is 0 Å². The molecule has 2 amide bonds. The summed E-state index contributed by atoms with van der Waals surface area (Å²) in [6.07, 6.45) is 12.6. The lowest BCUT2D eigenvalue weighted by Gasteiger charge is -2.21. The van der Waals surface area contributed by atoms with Gasteiger partial charge in [0.1, 0.15) is 0 Å². The summed E-state index contributed by atoms with van der Waals surface area (Å²) in [5, 5.41) is 2.47. The highest BCUT2D eigenvalue weighted by Crippen LogP contribution is 2.30. The van der Waals surface area contributed by atoms with Gasteiger partial charge >= 0.3 is 0 Å². The first-order valence-corrected chi connectivity index (χ1v) is 8.52. The van der Waals surface area contributed by atoms with Crippen LogP contribution in [0, 0.1) is 11.8 Å². The van der Waals surface area contributed by atoms with Crippen molar-refractivity contribution in [3.05, 3.63) is 0 Å². The fourth-order valence-corrected chi connectivity index (χ4v) is 3.17. The minimum absolute atomic E-state index is 0.0231. The molecule has 2 atom stereocenters. The number of hydrogen-bond acceptors (Lipinski definition) is 2. The van der Waals surface area contributed by atoms with E-state index in [9.17, 15) is 9.59 Å². The summed E-state index contributed by atoms with van der Waals surface area (Å²) in [6.45, 7) is 4.42. The van der Waals surface area contributed by atoms with E-state index in [0.717, 1.165) is 12.8 Å². The number of hydrogen-bond donors (Lipinski definition) is 1. The monoisotopic (exact) mass is 281 g/mol. The zero-order valence-electron chi connectivity index (χ0n) is 13.2. The molecule has 20 heavy (non-hydrogen) atoms. The highest BCUT2D eigenvalue weighted by Gasteiger charge is 2.35. The highest BCUT2D eigenvalue weighted by atomic mass is 16.2. The van der Waals surface area contributed by atoms with Crippen LogP contribution in [-0.2, 0) is 9.59 Å². The second kappa shape index (κ2) is 9.95. The Morgan fingerprint density at radius 1 is 0.950 bits per heavy atom. The van der Waals surface area contributed by atoms with Gasteiger partial charge < -0.3 is 0 Å². The van der Waals surface area contributed by atoms with Crippen molar-refractivity contribution >= 4 is 11.8 Å². The molecule has 1 fully saturated rings. The van der Waals surface area contributed by atoms with Gasteiger partial charge in [-0.25, -0.2) is 0 Å². The summed E-state index contributed by atoms with van der Waals surface area (Å²) in [7, 11) is 0. The Hall–Kier alpha value is -0.860. The third kappa shape index (κ3) is 6.06. The Bertz CT molecular complexity index is 301. The van der Waals surface area contributed by atoms with Gasteiger partial charge in [0, 0.05) is 12.3 Å². The molecule has 116 valence electrons. The third-order valence-corrected chi connectivity index (χ3v) is 4.43. The van der Waals surface area contributed by atoms with E-state index in [-0.39, 0.29) is 17.7 Å². The molecule has 1 N–H and O–H groups in total. The number of nitrogens with one attached hydrogen (secondary N) is 1. The van der Waals surface area contributed by atoms with Crippen LogP contribution in [0.4, 0.5) is 0 Å². The Morgan fingerprint density at radius 3 is 2.05 bits per heavy atom. The quantitative estimate of drug-likeness (QED) is 0.455. The van der Waals surface area contributed by atoms with Crippen molar-refractivity contribution in [2.24, 2.45) is 11.8 Å². The van der Waals surface area contributed by atoms with Gasteiger partial charge in [-0.1, -0.05) is 65.2 Å². The summed E-state index contributed by atoms with van der Waals surface area (Å²) in [5.41, 5.74) is 0. The summed E-state index contributed by atoms with van der Waals surface area (Å²) in [5.74, 6) is 0.261. The van der Waals surface area contributed by atoms with Crippen LogP contribution >= 0.6 is 0 Å². The number of unbranched alkanes of at least 4 members (excludes halogenated alkanes) is 6. The average molecular weight is 281 g/mol. The summed E-state index contributed by atoms with van der Waals surface area (Å²) in [6, 6.07) is 0. The van der Waals surface area contributed by atoms with Crippen LogP contribution in [0.1, 0.15) is 84.5 Å². The Kier molecular flexibility index (Phi) is 8.56. The molecule has 0 saturated carbocycles. The maximum Gasteiger partial charge on any atom is 0.230 e. The summed E-state index contributed by atoms with van der Waals surface area (Å²) in [4.78, 5) is 23.2. The van der Waals surface area contributed by atoms with Crippen LogP contribution in [0.3, 0.4) is 0 Å². The van der Waals surface area contributed by atoms with E-state index in [1.807, 2.05) is 0 Å². The smallest absolute Gasteiger partial charge is 0.230 e. The minimum Gasteiger partial charge on any atom is -0.296 e. The van der Waals surface area contributed by atoms with Gasteiger partial charge in [0.05, 0.1) is 0 Å². The van der Waals surface area contributed by atoms with E-state index in [1.54, 1.807) is 0 Å². The van der Waals surface area contributed by atoms with E-state index in [0.29, 0.717) is 12.3 Å². The molecule has 3 nitrogen and oxygen atoms in total. The number of carbonyl (C=O) groups is 2. The van der Waals surface area contributed by atoms with Crippen molar-refractivity contribution < 1.29 is 9.59 Å². The maximum atomic E-state index is 11.9. The summed E-state index contributed by atoms with van der Waals surface area (Å²) < 4.78 is 0. The molecule has 0 aromatic carbocycles. The van der Waals surface area contributed by atoms with Crippen molar-refractivity contribution in [3.63, 3.8) is 0 Å². The highest BCUT2D eigenvalue weighted by molar-refractivity contribution is 6.03. The van der Waals surface area contributed by atoms with Gasteiger partial charge in [-0.2, -0.15) is 0 Å². The van der Waals surface area contributed by atoms with Crippen molar-refractivity contribution in [1.29, 1.82) is 0 Å². The molecule has 1 saturated heterocycles. The molecule has 1 aliphatic rings. The minimum atomic E-state index is -0.0773. The first kappa shape index (κ1) is 17.2. The lowest BCUT2D eigenvalue weighted by Crippen LogP contribution is -2.26. The second-order valence-electron chi connectivity index (χ2n) is 6.18. The molecule has 1 rings (SSSR count). The predicted molar refractivity (Wildman–Crippen MR) is 82.3 cm³/mol. The second-order valence-corrected chi connectivity index (χ2v) is 6.18. The first-order chi connectivity index (χ1) is 9.69. The molecule has 1 heterocycles. The fourth-order valence-electron chi connectivity index (χ4n) is 3.17. The van der Waals surface area contributed by atoms with Gasteiger partial charge in [-0.3, -0.25) is 14.9 Å². The van der Waals surface area contributed by atoms with E-state index < -0.39 is 0 Å². The number of rotatable bonds is 11. The first-order valence-electron chi connectivity index (χ1n) is 8.52. The molecular weight excluding hydrogens is 250 g/mol. The van der Waals surface area contributed by atoms with Crippen LogP contribution in [0.25, 0.3) is 0 Å². The number of imide groups is 1. The predicted octanol–water partition coefficient (Wildman–Crippen LogP) is 4.21. The topological polar surface area (TPSA) is 46.2 Å². The van der Waals surface area contributed by atoms with Gasteiger partial charge in [0.2, 0.25) is 11.8 Å². The molecule has 0 spiro atoms. The standard InChI is InChI=1S/C17H31NO2/c1-3-5-7-8-10-12-14(11-9-6-4-2)15-13-16(19)18-17(15)20/h14-15H,3-13H2,1-2H3,(H,18,19,20). The molecule has 2 unspecified atom stereocenters. The van der Waals surface area contributed by atoms with E-state index in [2.05, 4.69) is 19.2 Å². The third-order valence-electron chi connectivity index (χ3n) is 4.43. The molecule has 3 heteroatoms. The van der Waals surface area contributed by atoms with Gasteiger partial charge in [0.25, 0.3) is 0 Å². The molecular formula is C17H31NO2. The molecule has 0 aliphatic carbocycles. The molecule has 0 aromatic rings. The Balaban J connectivity index is 2.38. The van der Waals surface area contributed by atoms with Crippen molar-refractivity contribution in [1.82, 2.24) is 5.32 Å². The van der Waals surface area contributed by atoms with E-state index in [4.69, 9.17) is 0 Å². The Labute approximate surface area is 123 Å². The molecule has 1 aliphatic heterocycles. The number of amides is 2. The van der Waals surface area contributed by atoms with Crippen molar-refractivity contribution in [3.8, 4) is 0 Å². The van der Waals surface area contributed by atoms with E-state index in [1.165, 1.54) is 51.4 Å². The largest absolute Gasteiger partial charge is 0.296 e. The summed E-state index contributed by atoms with van der Waals surface area (Å²) >= 11 is 0. The normalized spacial score (nSPS) is 20.2. The van der Waals surface area contributed by atoms with Gasteiger partial charge in [-0.15, -0.1) is 0 Å². The molecule has 0 radical (unpaired) electrons. The Morgan fingerprint density at radius 2 is 1.50 bits per heavy atom. The fraction of sp³-hybridized carbons (Fsp3) is 0.882. The van der Waals surface area contributed by atoms with Crippen molar-refractivity contribution in [2.75, 3.05) is 0 Å². The number of carbonyl (C=O) groups excluding carboxylic acids is 2. The van der Waals surface area contributed by atoms with E-state index >= 15 is 0 Å². The maximum absolute atomic E-state index is 11.9. The van der Waals surface area contributed by atoms with Gasteiger partial charge in [-0.05, 0) is 18.8 Å². The van der Waals surface area contributed by atoms with Gasteiger partial charge in [0.15, 0.2) is 0 Å². The van der Waals surface area contributed by atoms with Crippen LogP contribution in [0.15, 0.2) is 0 Å². The van der Waals surface area contributed by atoms with Crippen molar-refractivity contribution in [2.45, 2.75) is 84.5 Å². The zero-order valence-corrected chi connectivity index (χ0v) is 13.2.